The van der Waals surface area contributed by atoms with Crippen LogP contribution in [0, 0.1) is 0 Å². The molecule has 3 amide bonds. The number of nitrogens with zero attached hydrogens (tertiary/aromatic N) is 2. The number of anilines is 1. The number of amides is 3. The molecule has 7 heteroatoms. The average molecular weight is 263 g/mol. The summed E-state index contributed by atoms with van der Waals surface area (Å²) in [6.45, 7) is 1.14. The van der Waals surface area contributed by atoms with Crippen LogP contribution < -0.4 is 20.1 Å². The van der Waals surface area contributed by atoms with Gasteiger partial charge in [0, 0.05) is 24.8 Å². The average Bonchev–Trinajstić information content (AvgIpc) is 2.96. The molecular weight excluding hydrogens is 250 g/mol. The molecule has 1 aromatic rings. The number of nitrogens with two attached hydrogens (primary N) is 1. The molecule has 19 heavy (non-hydrogen) atoms. The van der Waals surface area contributed by atoms with Gasteiger partial charge in [-0.15, -0.1) is 0 Å². The number of rotatable bonds is 3. The molecule has 0 aromatic heterocycles. The van der Waals surface area contributed by atoms with Crippen LogP contribution in [0.3, 0.4) is 0 Å². The number of carbonyl (C=O) groups excluding carboxylic acids is 2. The molecule has 0 spiro atoms. The minimum Gasteiger partial charge on any atom is -0.454 e. The van der Waals surface area contributed by atoms with E-state index in [-0.39, 0.29) is 19.4 Å². The standard InChI is InChI=1S/C12H13N3O4/c13-11(16)6-14-3-4-15(12(14)17)8-1-2-9-10(5-8)19-7-18-9/h1-2,5H,3-4,6-7H2,(H2,13,16). The van der Waals surface area contributed by atoms with Crippen molar-refractivity contribution in [2.24, 2.45) is 5.73 Å². The van der Waals surface area contributed by atoms with E-state index < -0.39 is 5.91 Å². The van der Waals surface area contributed by atoms with E-state index in [4.69, 9.17) is 15.2 Å². The first-order valence-electron chi connectivity index (χ1n) is 5.89. The summed E-state index contributed by atoms with van der Waals surface area (Å²) in [7, 11) is 0. The van der Waals surface area contributed by atoms with E-state index >= 15 is 0 Å². The smallest absolute Gasteiger partial charge is 0.325 e. The lowest BCUT2D eigenvalue weighted by molar-refractivity contribution is -0.118. The van der Waals surface area contributed by atoms with Gasteiger partial charge >= 0.3 is 6.03 Å². The second-order valence-electron chi connectivity index (χ2n) is 4.36. The van der Waals surface area contributed by atoms with E-state index in [0.29, 0.717) is 24.6 Å². The third-order valence-corrected chi connectivity index (χ3v) is 3.11. The number of hydrogen-bond acceptors (Lipinski definition) is 4. The van der Waals surface area contributed by atoms with E-state index in [1.807, 2.05) is 0 Å². The number of fused-ring (bicyclic) bond motifs is 1. The predicted octanol–water partition coefficient (Wildman–Crippen LogP) is 0.143. The molecule has 0 bridgehead atoms. The van der Waals surface area contributed by atoms with Gasteiger partial charge in [0.25, 0.3) is 0 Å². The number of carbonyl (C=O) groups is 2. The molecule has 0 saturated carbocycles. The molecule has 0 radical (unpaired) electrons. The molecule has 0 aliphatic carbocycles. The molecule has 2 aliphatic heterocycles. The first-order valence-corrected chi connectivity index (χ1v) is 5.89. The van der Waals surface area contributed by atoms with Crippen molar-refractivity contribution in [1.29, 1.82) is 0 Å². The van der Waals surface area contributed by atoms with Gasteiger partial charge in [-0.05, 0) is 12.1 Å². The Bertz CT molecular complexity index is 546. The van der Waals surface area contributed by atoms with Crippen LogP contribution in [-0.2, 0) is 4.79 Å². The molecule has 1 aromatic carbocycles. The van der Waals surface area contributed by atoms with Gasteiger partial charge in [-0.25, -0.2) is 4.79 Å². The summed E-state index contributed by atoms with van der Waals surface area (Å²) in [5, 5.41) is 0. The highest BCUT2D eigenvalue weighted by atomic mass is 16.7. The van der Waals surface area contributed by atoms with Gasteiger partial charge in [0.1, 0.15) is 6.54 Å². The summed E-state index contributed by atoms with van der Waals surface area (Å²) in [4.78, 5) is 26.0. The highest BCUT2D eigenvalue weighted by Gasteiger charge is 2.31. The number of hydrogen-bond donors (Lipinski definition) is 1. The first kappa shape index (κ1) is 11.6. The summed E-state index contributed by atoms with van der Waals surface area (Å²) in [5.74, 6) is 0.781. The van der Waals surface area contributed by atoms with Gasteiger partial charge in [0.2, 0.25) is 12.7 Å². The topological polar surface area (TPSA) is 85.1 Å². The lowest BCUT2D eigenvalue weighted by atomic mass is 10.2. The monoisotopic (exact) mass is 263 g/mol. The van der Waals surface area contributed by atoms with Crippen molar-refractivity contribution >= 4 is 17.6 Å². The molecule has 1 fully saturated rings. The molecule has 1 saturated heterocycles. The highest BCUT2D eigenvalue weighted by molar-refractivity contribution is 5.96. The summed E-state index contributed by atoms with van der Waals surface area (Å²) >= 11 is 0. The van der Waals surface area contributed by atoms with Crippen molar-refractivity contribution in [3.63, 3.8) is 0 Å². The van der Waals surface area contributed by atoms with Gasteiger partial charge in [-0.2, -0.15) is 0 Å². The van der Waals surface area contributed by atoms with Crippen molar-refractivity contribution in [1.82, 2.24) is 4.90 Å². The van der Waals surface area contributed by atoms with Gasteiger partial charge in [-0.1, -0.05) is 0 Å². The third kappa shape index (κ3) is 2.03. The Morgan fingerprint density at radius 3 is 2.84 bits per heavy atom. The Kier molecular flexibility index (Phi) is 2.66. The van der Waals surface area contributed by atoms with Crippen molar-refractivity contribution in [3.8, 4) is 11.5 Å². The molecular formula is C12H13N3O4. The van der Waals surface area contributed by atoms with Crippen LogP contribution in [-0.4, -0.2) is 43.3 Å². The molecule has 0 unspecified atom stereocenters. The third-order valence-electron chi connectivity index (χ3n) is 3.11. The van der Waals surface area contributed by atoms with Gasteiger partial charge < -0.3 is 20.1 Å². The Balaban J connectivity index is 1.80. The summed E-state index contributed by atoms with van der Waals surface area (Å²) < 4.78 is 10.5. The fourth-order valence-electron chi connectivity index (χ4n) is 2.21. The van der Waals surface area contributed by atoms with Crippen LogP contribution in [0.1, 0.15) is 0 Å². The van der Waals surface area contributed by atoms with Gasteiger partial charge in [-0.3, -0.25) is 9.69 Å². The zero-order chi connectivity index (χ0) is 13.4. The molecule has 7 nitrogen and oxygen atoms in total. The summed E-state index contributed by atoms with van der Waals surface area (Å²) in [6, 6.07) is 5.09. The number of ether oxygens (including phenoxy) is 2. The molecule has 2 heterocycles. The minimum absolute atomic E-state index is 0.0557. The lowest BCUT2D eigenvalue weighted by Crippen LogP contribution is -2.37. The van der Waals surface area contributed by atoms with E-state index in [9.17, 15) is 9.59 Å². The maximum atomic E-state index is 12.1. The number of primary amides is 1. The van der Waals surface area contributed by atoms with Crippen LogP contribution in [0.5, 0.6) is 11.5 Å². The van der Waals surface area contributed by atoms with Crippen molar-refractivity contribution in [3.05, 3.63) is 18.2 Å². The number of benzene rings is 1. The highest BCUT2D eigenvalue weighted by Crippen LogP contribution is 2.36. The normalized spacial score (nSPS) is 17.2. The Morgan fingerprint density at radius 2 is 2.05 bits per heavy atom. The molecule has 100 valence electrons. The largest absolute Gasteiger partial charge is 0.454 e. The van der Waals surface area contributed by atoms with Crippen LogP contribution in [0.25, 0.3) is 0 Å². The number of urea groups is 1. The second kappa shape index (κ2) is 4.34. The van der Waals surface area contributed by atoms with Crippen LogP contribution in [0.15, 0.2) is 18.2 Å². The van der Waals surface area contributed by atoms with E-state index in [2.05, 4.69) is 0 Å². The molecule has 2 aliphatic rings. The lowest BCUT2D eigenvalue weighted by Gasteiger charge is -2.17. The molecule has 2 N–H and O–H groups in total. The Hall–Kier alpha value is -2.44. The van der Waals surface area contributed by atoms with Crippen LogP contribution >= 0.6 is 0 Å². The molecule has 0 atom stereocenters. The summed E-state index contributed by atoms with van der Waals surface area (Å²) in [6.07, 6.45) is 0. The zero-order valence-corrected chi connectivity index (χ0v) is 10.2. The summed E-state index contributed by atoms with van der Waals surface area (Å²) in [5.41, 5.74) is 5.83. The van der Waals surface area contributed by atoms with Crippen molar-refractivity contribution < 1.29 is 19.1 Å². The minimum atomic E-state index is -0.513. The Labute approximate surface area is 109 Å². The SMILES string of the molecule is NC(=O)CN1CCN(c2ccc3c(c2)OCO3)C1=O. The maximum absolute atomic E-state index is 12.1. The predicted molar refractivity (Wildman–Crippen MR) is 66.1 cm³/mol. The van der Waals surface area contributed by atoms with Crippen LogP contribution in [0.4, 0.5) is 10.5 Å². The fourth-order valence-corrected chi connectivity index (χ4v) is 2.21. The maximum Gasteiger partial charge on any atom is 0.325 e. The van der Waals surface area contributed by atoms with Gasteiger partial charge in [0.15, 0.2) is 11.5 Å². The van der Waals surface area contributed by atoms with Crippen molar-refractivity contribution in [2.75, 3.05) is 31.3 Å². The van der Waals surface area contributed by atoms with E-state index in [1.165, 1.54) is 4.90 Å². The van der Waals surface area contributed by atoms with E-state index in [1.54, 1.807) is 23.1 Å². The first-order chi connectivity index (χ1) is 9.15. The quantitative estimate of drug-likeness (QED) is 0.840. The molecule has 3 rings (SSSR count). The second-order valence-corrected chi connectivity index (χ2v) is 4.36. The Morgan fingerprint density at radius 1 is 1.26 bits per heavy atom. The zero-order valence-electron chi connectivity index (χ0n) is 10.2. The fraction of sp³-hybridized carbons (Fsp3) is 0.333. The van der Waals surface area contributed by atoms with Crippen LogP contribution in [0.2, 0.25) is 0 Å². The van der Waals surface area contributed by atoms with E-state index in [0.717, 1.165) is 5.69 Å². The van der Waals surface area contributed by atoms with Gasteiger partial charge in [0.05, 0.1) is 0 Å². The van der Waals surface area contributed by atoms with Crippen molar-refractivity contribution in [2.45, 2.75) is 0 Å².